The Morgan fingerprint density at radius 1 is 1.07 bits per heavy atom. The summed E-state index contributed by atoms with van der Waals surface area (Å²) >= 11 is 0. The molecular weight excluding hydrogens is 350 g/mol. The van der Waals surface area contributed by atoms with E-state index in [1.165, 1.54) is 27.5 Å². The maximum Gasteiger partial charge on any atom is 0.277 e. The molecule has 0 saturated carbocycles. The van der Waals surface area contributed by atoms with Gasteiger partial charge in [0.1, 0.15) is 11.8 Å². The van der Waals surface area contributed by atoms with Gasteiger partial charge in [-0.3, -0.25) is 4.79 Å². The number of amides is 1. The van der Waals surface area contributed by atoms with E-state index in [-0.39, 0.29) is 6.61 Å². The van der Waals surface area contributed by atoms with Gasteiger partial charge in [0.25, 0.3) is 5.91 Å². The van der Waals surface area contributed by atoms with E-state index in [0.717, 1.165) is 0 Å². The van der Waals surface area contributed by atoms with Crippen LogP contribution in [-0.4, -0.2) is 40.1 Å². The van der Waals surface area contributed by atoms with Gasteiger partial charge in [-0.15, -0.1) is 0 Å². The molecule has 0 fully saturated rings. The molecule has 0 radical (unpaired) electrons. The molecule has 0 spiro atoms. The second-order valence-corrected chi connectivity index (χ2v) is 5.11. The lowest BCUT2D eigenvalue weighted by atomic mass is 10.2. The van der Waals surface area contributed by atoms with Crippen LogP contribution in [0.2, 0.25) is 0 Å². The van der Waals surface area contributed by atoms with E-state index in [4.69, 9.17) is 24.2 Å². The highest BCUT2D eigenvalue weighted by atomic mass is 16.5. The maximum absolute atomic E-state index is 11.9. The predicted octanol–water partition coefficient (Wildman–Crippen LogP) is 2.11. The van der Waals surface area contributed by atoms with Crippen molar-refractivity contribution in [3.05, 3.63) is 47.5 Å². The lowest BCUT2D eigenvalue weighted by molar-refractivity contribution is -0.123. The Kier molecular flexibility index (Phi) is 7.02. The summed E-state index contributed by atoms with van der Waals surface area (Å²) in [5.74, 6) is 1.22. The Labute approximate surface area is 156 Å². The van der Waals surface area contributed by atoms with Crippen molar-refractivity contribution in [2.75, 3.05) is 27.9 Å². The molecule has 2 aromatic rings. The van der Waals surface area contributed by atoms with Crippen LogP contribution in [0, 0.1) is 11.3 Å². The molecule has 0 aliphatic rings. The molecule has 0 saturated heterocycles. The van der Waals surface area contributed by atoms with E-state index < -0.39 is 5.91 Å². The Bertz CT molecular complexity index is 874. The molecule has 0 heterocycles. The van der Waals surface area contributed by atoms with Crippen LogP contribution in [-0.2, 0) is 4.79 Å². The average molecular weight is 369 g/mol. The van der Waals surface area contributed by atoms with Gasteiger partial charge in [0.15, 0.2) is 18.1 Å². The number of hydrazone groups is 1. The largest absolute Gasteiger partial charge is 0.493 e. The number of nitrogens with one attached hydrogen (secondary N) is 1. The first-order valence-corrected chi connectivity index (χ1v) is 7.87. The first kappa shape index (κ1) is 19.6. The van der Waals surface area contributed by atoms with Crippen molar-refractivity contribution in [1.82, 2.24) is 5.43 Å². The third-order valence-electron chi connectivity index (χ3n) is 3.49. The molecule has 1 N–H and O–H groups in total. The molecule has 8 heteroatoms. The lowest BCUT2D eigenvalue weighted by Crippen LogP contribution is -2.24. The van der Waals surface area contributed by atoms with E-state index in [0.29, 0.717) is 34.1 Å². The molecule has 2 rings (SSSR count). The number of carbonyl (C=O) groups is 1. The van der Waals surface area contributed by atoms with Crippen molar-refractivity contribution in [3.8, 4) is 29.1 Å². The van der Waals surface area contributed by atoms with Crippen LogP contribution in [0.5, 0.6) is 23.0 Å². The fourth-order valence-electron chi connectivity index (χ4n) is 2.26. The quantitative estimate of drug-likeness (QED) is 0.565. The maximum atomic E-state index is 11.9. The number of ether oxygens (including phenoxy) is 4. The summed E-state index contributed by atoms with van der Waals surface area (Å²) < 4.78 is 21.2. The van der Waals surface area contributed by atoms with Gasteiger partial charge in [-0.2, -0.15) is 10.4 Å². The minimum atomic E-state index is -0.474. The number of nitrogens with zero attached hydrogens (tertiary/aromatic N) is 2. The van der Waals surface area contributed by atoms with Crippen LogP contribution in [0.15, 0.2) is 41.5 Å². The summed E-state index contributed by atoms with van der Waals surface area (Å²) in [6.45, 7) is -0.279. The monoisotopic (exact) mass is 369 g/mol. The summed E-state index contributed by atoms with van der Waals surface area (Å²) in [6.07, 6.45) is 1.42. The van der Waals surface area contributed by atoms with Crippen LogP contribution < -0.4 is 24.4 Å². The minimum absolute atomic E-state index is 0.279. The third kappa shape index (κ3) is 4.89. The van der Waals surface area contributed by atoms with Crippen LogP contribution in [0.25, 0.3) is 0 Å². The third-order valence-corrected chi connectivity index (χ3v) is 3.49. The molecule has 140 valence electrons. The highest BCUT2D eigenvalue weighted by Crippen LogP contribution is 2.38. The highest BCUT2D eigenvalue weighted by molar-refractivity contribution is 5.87. The van der Waals surface area contributed by atoms with E-state index in [1.807, 2.05) is 6.07 Å². The Hall–Kier alpha value is -3.73. The Morgan fingerprint density at radius 3 is 2.48 bits per heavy atom. The average Bonchev–Trinajstić information content (AvgIpc) is 2.71. The fourth-order valence-corrected chi connectivity index (χ4v) is 2.26. The molecule has 0 aliphatic heterocycles. The number of para-hydroxylation sites is 1. The molecule has 1 amide bonds. The van der Waals surface area contributed by atoms with E-state index in [2.05, 4.69) is 10.5 Å². The zero-order chi connectivity index (χ0) is 19.6. The van der Waals surface area contributed by atoms with Gasteiger partial charge in [-0.05, 0) is 24.3 Å². The molecular formula is C19H19N3O5. The number of nitriles is 1. The van der Waals surface area contributed by atoms with Crippen LogP contribution in [0.4, 0.5) is 0 Å². The topological polar surface area (TPSA) is 102 Å². The number of carbonyl (C=O) groups excluding carboxylic acids is 1. The summed E-state index contributed by atoms with van der Waals surface area (Å²) in [7, 11) is 4.52. The summed E-state index contributed by atoms with van der Waals surface area (Å²) in [4.78, 5) is 11.9. The molecule has 0 atom stereocenters. The predicted molar refractivity (Wildman–Crippen MR) is 98.5 cm³/mol. The van der Waals surface area contributed by atoms with Gasteiger partial charge in [-0.1, -0.05) is 12.1 Å². The second kappa shape index (κ2) is 9.68. The van der Waals surface area contributed by atoms with Gasteiger partial charge >= 0.3 is 0 Å². The molecule has 2 aromatic carbocycles. The SMILES string of the molecule is COc1ccc(/C=N\NC(=O)COc2ccccc2C#N)c(OC)c1OC. The Balaban J connectivity index is 2.01. The summed E-state index contributed by atoms with van der Waals surface area (Å²) in [5.41, 5.74) is 3.29. The molecule has 27 heavy (non-hydrogen) atoms. The molecule has 0 aliphatic carbocycles. The fraction of sp³-hybridized carbons (Fsp3) is 0.211. The van der Waals surface area contributed by atoms with E-state index >= 15 is 0 Å². The molecule has 0 bridgehead atoms. The highest BCUT2D eigenvalue weighted by Gasteiger charge is 2.14. The number of hydrogen-bond acceptors (Lipinski definition) is 7. The Morgan fingerprint density at radius 2 is 1.81 bits per heavy atom. The standard InChI is InChI=1S/C19H19N3O5/c1-24-16-9-8-14(18(25-2)19(16)26-3)11-21-22-17(23)12-27-15-7-5-4-6-13(15)10-20/h4-9,11H,12H2,1-3H3,(H,22,23)/b21-11-. The van der Waals surface area contributed by atoms with Crippen molar-refractivity contribution in [2.24, 2.45) is 5.10 Å². The van der Waals surface area contributed by atoms with E-state index in [9.17, 15) is 4.79 Å². The van der Waals surface area contributed by atoms with Gasteiger partial charge in [-0.25, -0.2) is 5.43 Å². The summed E-state index contributed by atoms with van der Waals surface area (Å²) in [6, 6.07) is 12.1. The van der Waals surface area contributed by atoms with Crippen molar-refractivity contribution in [3.63, 3.8) is 0 Å². The molecule has 8 nitrogen and oxygen atoms in total. The van der Waals surface area contributed by atoms with Crippen molar-refractivity contribution in [1.29, 1.82) is 5.26 Å². The van der Waals surface area contributed by atoms with Crippen molar-refractivity contribution < 1.29 is 23.7 Å². The van der Waals surface area contributed by atoms with Crippen LogP contribution in [0.3, 0.4) is 0 Å². The lowest BCUT2D eigenvalue weighted by Gasteiger charge is -2.13. The van der Waals surface area contributed by atoms with Crippen LogP contribution in [0.1, 0.15) is 11.1 Å². The number of benzene rings is 2. The number of rotatable bonds is 8. The van der Waals surface area contributed by atoms with Gasteiger partial charge in [0.05, 0.1) is 33.1 Å². The first-order valence-electron chi connectivity index (χ1n) is 7.87. The number of methoxy groups -OCH3 is 3. The zero-order valence-corrected chi connectivity index (χ0v) is 15.2. The zero-order valence-electron chi connectivity index (χ0n) is 15.2. The van der Waals surface area contributed by atoms with Crippen molar-refractivity contribution in [2.45, 2.75) is 0 Å². The summed E-state index contributed by atoms with van der Waals surface area (Å²) in [5, 5.41) is 12.9. The molecule has 0 aromatic heterocycles. The number of hydrogen-bond donors (Lipinski definition) is 1. The second-order valence-electron chi connectivity index (χ2n) is 5.11. The van der Waals surface area contributed by atoms with Crippen molar-refractivity contribution >= 4 is 12.1 Å². The smallest absolute Gasteiger partial charge is 0.277 e. The first-order chi connectivity index (χ1) is 13.1. The van der Waals surface area contributed by atoms with Crippen LogP contribution >= 0.6 is 0 Å². The minimum Gasteiger partial charge on any atom is -0.493 e. The normalized spacial score (nSPS) is 10.1. The van der Waals surface area contributed by atoms with Gasteiger partial charge in [0, 0.05) is 5.56 Å². The van der Waals surface area contributed by atoms with Gasteiger partial charge < -0.3 is 18.9 Å². The molecule has 0 unspecified atom stereocenters. The van der Waals surface area contributed by atoms with E-state index in [1.54, 1.807) is 36.4 Å². The van der Waals surface area contributed by atoms with Gasteiger partial charge in [0.2, 0.25) is 5.75 Å².